The van der Waals surface area contributed by atoms with E-state index in [-0.39, 0.29) is 5.41 Å². The van der Waals surface area contributed by atoms with Gasteiger partial charge in [-0.1, -0.05) is 46.8 Å². The van der Waals surface area contributed by atoms with Crippen LogP contribution in [-0.2, 0) is 5.41 Å². The fourth-order valence-corrected chi connectivity index (χ4v) is 5.11. The summed E-state index contributed by atoms with van der Waals surface area (Å²) >= 11 is 0. The van der Waals surface area contributed by atoms with Gasteiger partial charge in [0.1, 0.15) is 25.0 Å². The van der Waals surface area contributed by atoms with Crippen molar-refractivity contribution in [2.24, 2.45) is 5.41 Å². The average Bonchev–Trinajstić information content (AvgIpc) is 2.84. The summed E-state index contributed by atoms with van der Waals surface area (Å²) in [4.78, 5) is 0. The number of benzene rings is 1. The van der Waals surface area contributed by atoms with Gasteiger partial charge in [-0.15, -0.1) is 0 Å². The van der Waals surface area contributed by atoms with E-state index in [0.29, 0.717) is 12.0 Å². The minimum atomic E-state index is -0.407. The Kier molecular flexibility index (Phi) is 7.98. The van der Waals surface area contributed by atoms with Gasteiger partial charge in [-0.3, -0.25) is 0 Å². The number of nitrogens with zero attached hydrogens (tertiary/aromatic N) is 1. The van der Waals surface area contributed by atoms with Crippen LogP contribution in [0, 0.1) is 5.41 Å². The lowest BCUT2D eigenvalue weighted by Gasteiger charge is -2.38. The smallest absolute Gasteiger partial charge is 0.137 e. The van der Waals surface area contributed by atoms with Crippen molar-refractivity contribution in [3.8, 4) is 5.75 Å². The largest absolute Gasteiger partial charge is 0.491 e. The van der Waals surface area contributed by atoms with Crippen LogP contribution in [0.2, 0.25) is 0 Å². The molecule has 1 fully saturated rings. The molecule has 28 heavy (non-hydrogen) atoms. The Labute approximate surface area is 173 Å². The first kappa shape index (κ1) is 23.2. The lowest BCUT2D eigenvalue weighted by molar-refractivity contribution is -0.928. The zero-order chi connectivity index (χ0) is 20.8. The van der Waals surface area contributed by atoms with Crippen molar-refractivity contribution in [1.82, 2.24) is 0 Å². The summed E-state index contributed by atoms with van der Waals surface area (Å²) in [6.07, 6.45) is 5.97. The van der Waals surface area contributed by atoms with Crippen LogP contribution in [0.3, 0.4) is 0 Å². The average molecular weight is 391 g/mol. The molecular weight excluding hydrogens is 346 g/mol. The zero-order valence-electron chi connectivity index (χ0n) is 19.3. The van der Waals surface area contributed by atoms with Crippen LogP contribution in [0.4, 0.5) is 0 Å². The normalized spacial score (nSPS) is 19.1. The highest BCUT2D eigenvalue weighted by molar-refractivity contribution is 5.31. The zero-order valence-corrected chi connectivity index (χ0v) is 19.3. The van der Waals surface area contributed by atoms with Crippen molar-refractivity contribution in [3.63, 3.8) is 0 Å². The van der Waals surface area contributed by atoms with Crippen LogP contribution in [0.1, 0.15) is 79.2 Å². The lowest BCUT2D eigenvalue weighted by atomic mass is 9.72. The van der Waals surface area contributed by atoms with Gasteiger partial charge in [-0.05, 0) is 67.6 Å². The highest BCUT2D eigenvalue weighted by Crippen LogP contribution is 2.36. The molecule has 0 saturated carbocycles. The molecule has 0 unspecified atom stereocenters. The molecule has 1 aliphatic heterocycles. The standard InChI is InChI=1S/C25H44NO2/c1-7-26(16-10-8-9-11-17-26)18-22(27)19-28-23-14-12-21(13-15-23)25(5,6)20-24(2,3)4/h12-15,22,27H,7-11,16-20H2,1-6H3/q+1/t22-/m1/s1. The van der Waals surface area contributed by atoms with E-state index in [2.05, 4.69) is 65.8 Å². The van der Waals surface area contributed by atoms with E-state index in [4.69, 9.17) is 4.74 Å². The maximum absolute atomic E-state index is 10.6. The summed E-state index contributed by atoms with van der Waals surface area (Å²) in [5.74, 6) is 0.855. The van der Waals surface area contributed by atoms with E-state index < -0.39 is 6.10 Å². The van der Waals surface area contributed by atoms with Crippen molar-refractivity contribution in [1.29, 1.82) is 0 Å². The van der Waals surface area contributed by atoms with Crippen LogP contribution < -0.4 is 4.74 Å². The highest BCUT2D eigenvalue weighted by atomic mass is 16.5. The number of aliphatic hydroxyl groups excluding tert-OH is 1. The fraction of sp³-hybridized carbons (Fsp3) is 0.760. The van der Waals surface area contributed by atoms with E-state index >= 15 is 0 Å². The van der Waals surface area contributed by atoms with Gasteiger partial charge in [0.25, 0.3) is 0 Å². The Bertz CT molecular complexity index is 578. The summed E-state index contributed by atoms with van der Waals surface area (Å²) in [6.45, 7) is 18.5. The first-order valence-electron chi connectivity index (χ1n) is 11.3. The maximum atomic E-state index is 10.6. The Hall–Kier alpha value is -1.06. The van der Waals surface area contributed by atoms with Crippen molar-refractivity contribution < 1.29 is 14.3 Å². The van der Waals surface area contributed by atoms with Crippen molar-refractivity contribution in [2.45, 2.75) is 85.2 Å². The second kappa shape index (κ2) is 9.63. The van der Waals surface area contributed by atoms with Gasteiger partial charge in [0.05, 0.1) is 19.6 Å². The minimum absolute atomic E-state index is 0.140. The molecule has 160 valence electrons. The molecule has 1 aromatic carbocycles. The topological polar surface area (TPSA) is 29.5 Å². The molecule has 0 spiro atoms. The Morgan fingerprint density at radius 2 is 1.54 bits per heavy atom. The first-order valence-corrected chi connectivity index (χ1v) is 11.3. The maximum Gasteiger partial charge on any atom is 0.137 e. The number of ether oxygens (including phenoxy) is 1. The fourth-order valence-electron chi connectivity index (χ4n) is 5.11. The van der Waals surface area contributed by atoms with Crippen LogP contribution >= 0.6 is 0 Å². The van der Waals surface area contributed by atoms with Crippen molar-refractivity contribution >= 4 is 0 Å². The molecule has 1 N–H and O–H groups in total. The molecule has 1 aromatic rings. The molecule has 0 amide bonds. The van der Waals surface area contributed by atoms with Crippen molar-refractivity contribution in [2.75, 3.05) is 32.8 Å². The predicted octanol–water partition coefficient (Wildman–Crippen LogP) is 5.55. The minimum Gasteiger partial charge on any atom is -0.491 e. The third kappa shape index (κ3) is 7.08. The SMILES string of the molecule is CC[N+]1(C[C@@H](O)COc2ccc(C(C)(C)CC(C)(C)C)cc2)CCCCCC1. The second-order valence-corrected chi connectivity index (χ2v) is 10.8. The summed E-state index contributed by atoms with van der Waals surface area (Å²) in [5.41, 5.74) is 1.78. The number of aliphatic hydroxyl groups is 1. The highest BCUT2D eigenvalue weighted by Gasteiger charge is 2.30. The molecule has 1 atom stereocenters. The van der Waals surface area contributed by atoms with Gasteiger partial charge in [-0.2, -0.15) is 0 Å². The van der Waals surface area contributed by atoms with Crippen LogP contribution in [0.5, 0.6) is 5.75 Å². The predicted molar refractivity (Wildman–Crippen MR) is 119 cm³/mol. The van der Waals surface area contributed by atoms with Crippen LogP contribution in [-0.4, -0.2) is 48.5 Å². The number of likely N-dealkylation sites (tertiary alicyclic amines) is 1. The van der Waals surface area contributed by atoms with E-state index in [1.54, 1.807) is 0 Å². The molecule has 2 rings (SSSR count). The van der Waals surface area contributed by atoms with Gasteiger partial charge in [0, 0.05) is 0 Å². The summed E-state index contributed by atoms with van der Waals surface area (Å²) in [7, 11) is 0. The van der Waals surface area contributed by atoms with E-state index in [9.17, 15) is 5.11 Å². The Morgan fingerprint density at radius 3 is 2.04 bits per heavy atom. The van der Waals surface area contributed by atoms with Crippen molar-refractivity contribution in [3.05, 3.63) is 29.8 Å². The Morgan fingerprint density at radius 1 is 0.964 bits per heavy atom. The van der Waals surface area contributed by atoms with E-state index in [1.807, 2.05) is 0 Å². The Balaban J connectivity index is 1.90. The molecule has 1 heterocycles. The van der Waals surface area contributed by atoms with Crippen LogP contribution in [0.15, 0.2) is 24.3 Å². The van der Waals surface area contributed by atoms with E-state index in [0.717, 1.165) is 29.7 Å². The molecule has 0 aliphatic carbocycles. The third-order valence-corrected chi connectivity index (χ3v) is 6.33. The second-order valence-electron chi connectivity index (χ2n) is 10.8. The first-order chi connectivity index (χ1) is 13.1. The lowest BCUT2D eigenvalue weighted by Crippen LogP contribution is -2.53. The summed E-state index contributed by atoms with van der Waals surface area (Å²) in [5, 5.41) is 10.6. The monoisotopic (exact) mass is 390 g/mol. The molecule has 1 saturated heterocycles. The molecule has 0 aromatic heterocycles. The summed E-state index contributed by atoms with van der Waals surface area (Å²) < 4.78 is 6.98. The molecule has 3 heteroatoms. The van der Waals surface area contributed by atoms with E-state index in [1.165, 1.54) is 44.3 Å². The van der Waals surface area contributed by atoms with Gasteiger partial charge >= 0.3 is 0 Å². The molecule has 0 bridgehead atoms. The number of likely N-dealkylation sites (N-methyl/N-ethyl adjacent to an activating group) is 1. The molecule has 1 aliphatic rings. The number of hydrogen-bond donors (Lipinski definition) is 1. The number of rotatable bonds is 8. The van der Waals surface area contributed by atoms with Gasteiger partial charge in [0.15, 0.2) is 0 Å². The molecule has 0 radical (unpaired) electrons. The number of hydrogen-bond acceptors (Lipinski definition) is 2. The summed E-state index contributed by atoms with van der Waals surface area (Å²) in [6, 6.07) is 8.48. The van der Waals surface area contributed by atoms with Gasteiger partial charge in [-0.25, -0.2) is 0 Å². The number of quaternary nitrogens is 1. The van der Waals surface area contributed by atoms with Crippen LogP contribution in [0.25, 0.3) is 0 Å². The third-order valence-electron chi connectivity index (χ3n) is 6.33. The molecular formula is C25H44NO2+. The van der Waals surface area contributed by atoms with Gasteiger partial charge in [0.2, 0.25) is 0 Å². The quantitative estimate of drug-likeness (QED) is 0.590. The molecule has 3 nitrogen and oxygen atoms in total. The van der Waals surface area contributed by atoms with Gasteiger partial charge < -0.3 is 14.3 Å².